The minimum absolute atomic E-state index is 0.000692. The number of rotatable bonds is 2. The number of hydrogen-bond acceptors (Lipinski definition) is 4. The van der Waals surface area contributed by atoms with Gasteiger partial charge in [-0.05, 0) is 19.3 Å². The van der Waals surface area contributed by atoms with Gasteiger partial charge in [-0.3, -0.25) is 0 Å². The predicted molar refractivity (Wildman–Crippen MR) is 71.8 cm³/mol. The van der Waals surface area contributed by atoms with E-state index in [4.69, 9.17) is 10.5 Å². The van der Waals surface area contributed by atoms with Gasteiger partial charge in [0.1, 0.15) is 0 Å². The van der Waals surface area contributed by atoms with Crippen LogP contribution in [0, 0.1) is 5.41 Å². The highest BCUT2D eigenvalue weighted by atomic mass is 32.2. The van der Waals surface area contributed by atoms with Gasteiger partial charge >= 0.3 is 0 Å². The molecule has 3 aliphatic rings. The van der Waals surface area contributed by atoms with Crippen molar-refractivity contribution in [3.63, 3.8) is 0 Å². The van der Waals surface area contributed by atoms with Crippen molar-refractivity contribution in [1.82, 2.24) is 8.61 Å². The maximum absolute atomic E-state index is 12.7. The average molecular weight is 289 g/mol. The van der Waals surface area contributed by atoms with Gasteiger partial charge in [0.25, 0.3) is 10.2 Å². The number of ether oxygens (including phenoxy) is 1. The zero-order chi connectivity index (χ0) is 13.5. The van der Waals surface area contributed by atoms with Crippen LogP contribution in [0.5, 0.6) is 0 Å². The second-order valence-corrected chi connectivity index (χ2v) is 7.92. The molecule has 1 unspecified atom stereocenters. The van der Waals surface area contributed by atoms with Gasteiger partial charge in [0.15, 0.2) is 0 Å². The Hall–Kier alpha value is -0.210. The lowest BCUT2D eigenvalue weighted by molar-refractivity contribution is 0.131. The van der Waals surface area contributed by atoms with E-state index in [1.54, 1.807) is 8.61 Å². The van der Waals surface area contributed by atoms with E-state index in [1.807, 2.05) is 0 Å². The Morgan fingerprint density at radius 2 is 1.89 bits per heavy atom. The Labute approximate surface area is 115 Å². The van der Waals surface area contributed by atoms with Crippen LogP contribution in [0.2, 0.25) is 0 Å². The summed E-state index contributed by atoms with van der Waals surface area (Å²) >= 11 is 0. The maximum Gasteiger partial charge on any atom is 0.282 e. The molecule has 1 aliphatic carbocycles. The van der Waals surface area contributed by atoms with Gasteiger partial charge in [-0.15, -0.1) is 0 Å². The highest BCUT2D eigenvalue weighted by molar-refractivity contribution is 7.86. The second-order valence-electron chi connectivity index (χ2n) is 5.99. The molecule has 1 atom stereocenters. The summed E-state index contributed by atoms with van der Waals surface area (Å²) < 4.78 is 33.8. The Kier molecular flexibility index (Phi) is 3.59. The number of hydrogen-bond donors (Lipinski definition) is 1. The zero-order valence-electron chi connectivity index (χ0n) is 11.3. The van der Waals surface area contributed by atoms with Crippen LogP contribution in [-0.4, -0.2) is 62.5 Å². The predicted octanol–water partition coefficient (Wildman–Crippen LogP) is -0.233. The van der Waals surface area contributed by atoms with Crippen molar-refractivity contribution < 1.29 is 13.2 Å². The number of nitrogens with zero attached hydrogens (tertiary/aromatic N) is 2. The summed E-state index contributed by atoms with van der Waals surface area (Å²) in [6.45, 7) is 3.23. The van der Waals surface area contributed by atoms with Crippen molar-refractivity contribution >= 4 is 10.2 Å². The van der Waals surface area contributed by atoms with E-state index >= 15 is 0 Å². The first kappa shape index (κ1) is 13.8. The smallest absolute Gasteiger partial charge is 0.282 e. The molecule has 2 saturated heterocycles. The van der Waals surface area contributed by atoms with Crippen LogP contribution in [-0.2, 0) is 14.9 Å². The van der Waals surface area contributed by atoms with Gasteiger partial charge in [0.2, 0.25) is 0 Å². The Bertz CT molecular complexity index is 428. The van der Waals surface area contributed by atoms with Gasteiger partial charge in [-0.25, -0.2) is 0 Å². The summed E-state index contributed by atoms with van der Waals surface area (Å²) in [6, 6.07) is -0.000692. The third-order valence-corrected chi connectivity index (χ3v) is 6.81. The molecule has 3 fully saturated rings. The fraction of sp³-hybridized carbons (Fsp3) is 1.00. The van der Waals surface area contributed by atoms with Crippen LogP contribution < -0.4 is 5.73 Å². The van der Waals surface area contributed by atoms with Gasteiger partial charge in [-0.2, -0.15) is 17.0 Å². The summed E-state index contributed by atoms with van der Waals surface area (Å²) in [5.41, 5.74) is 6.24. The second kappa shape index (κ2) is 4.96. The normalized spacial score (nSPS) is 33.2. The highest BCUT2D eigenvalue weighted by Crippen LogP contribution is 2.48. The van der Waals surface area contributed by atoms with E-state index in [9.17, 15) is 8.42 Å². The van der Waals surface area contributed by atoms with Gasteiger partial charge < -0.3 is 10.5 Å². The molecule has 0 aromatic carbocycles. The molecule has 0 radical (unpaired) electrons. The van der Waals surface area contributed by atoms with Gasteiger partial charge in [-0.1, -0.05) is 6.42 Å². The Morgan fingerprint density at radius 3 is 2.53 bits per heavy atom. The molecule has 7 heteroatoms. The third kappa shape index (κ3) is 2.31. The summed E-state index contributed by atoms with van der Waals surface area (Å²) in [7, 11) is -3.36. The minimum atomic E-state index is -3.36. The van der Waals surface area contributed by atoms with Gasteiger partial charge in [0.05, 0.1) is 6.61 Å². The van der Waals surface area contributed by atoms with E-state index < -0.39 is 10.2 Å². The quantitative estimate of drug-likeness (QED) is 0.762. The molecular formula is C12H23N3O3S. The van der Waals surface area contributed by atoms with Crippen LogP contribution in [0.4, 0.5) is 0 Å². The van der Waals surface area contributed by atoms with E-state index in [1.165, 1.54) is 6.42 Å². The first-order valence-electron chi connectivity index (χ1n) is 7.13. The SMILES string of the molecule is NC1CN(S(=O)(=O)N2CCCOCC2)CC12CCC2. The van der Waals surface area contributed by atoms with E-state index in [0.717, 1.165) is 19.3 Å². The van der Waals surface area contributed by atoms with Crippen molar-refractivity contribution in [2.75, 3.05) is 39.4 Å². The Balaban J connectivity index is 1.73. The van der Waals surface area contributed by atoms with Crippen molar-refractivity contribution in [1.29, 1.82) is 0 Å². The van der Waals surface area contributed by atoms with Crippen LogP contribution in [0.1, 0.15) is 25.7 Å². The van der Waals surface area contributed by atoms with E-state index in [0.29, 0.717) is 39.4 Å². The van der Waals surface area contributed by atoms with E-state index in [-0.39, 0.29) is 11.5 Å². The van der Waals surface area contributed by atoms with E-state index in [2.05, 4.69) is 0 Å². The van der Waals surface area contributed by atoms with Gasteiger partial charge in [0, 0.05) is 44.2 Å². The highest BCUT2D eigenvalue weighted by Gasteiger charge is 2.52. The van der Waals surface area contributed by atoms with Crippen molar-refractivity contribution in [3.05, 3.63) is 0 Å². The third-order valence-electron chi connectivity index (χ3n) is 4.86. The monoisotopic (exact) mass is 289 g/mol. The molecule has 2 heterocycles. The molecule has 2 N–H and O–H groups in total. The molecule has 19 heavy (non-hydrogen) atoms. The Morgan fingerprint density at radius 1 is 1.11 bits per heavy atom. The molecule has 1 saturated carbocycles. The van der Waals surface area contributed by atoms with Crippen LogP contribution in [0.25, 0.3) is 0 Å². The van der Waals surface area contributed by atoms with Crippen LogP contribution in [0.15, 0.2) is 0 Å². The molecular weight excluding hydrogens is 266 g/mol. The van der Waals surface area contributed by atoms with Crippen molar-refractivity contribution in [3.8, 4) is 0 Å². The summed E-state index contributed by atoms with van der Waals surface area (Å²) in [5.74, 6) is 0. The molecule has 6 nitrogen and oxygen atoms in total. The fourth-order valence-electron chi connectivity index (χ4n) is 3.40. The largest absolute Gasteiger partial charge is 0.380 e. The number of nitrogens with two attached hydrogens (primary N) is 1. The lowest BCUT2D eigenvalue weighted by Crippen LogP contribution is -2.46. The topological polar surface area (TPSA) is 75.9 Å². The molecule has 0 aromatic heterocycles. The standard InChI is InChI=1S/C12H23N3O3S/c13-11-9-15(10-12(11)3-1-4-12)19(16,17)14-5-2-7-18-8-6-14/h11H,1-10,13H2. The van der Waals surface area contributed by atoms with Crippen molar-refractivity contribution in [2.24, 2.45) is 11.1 Å². The lowest BCUT2D eigenvalue weighted by atomic mass is 9.66. The fourth-order valence-corrected chi connectivity index (χ4v) is 5.16. The molecule has 3 rings (SSSR count). The summed E-state index contributed by atoms with van der Waals surface area (Å²) in [5, 5.41) is 0. The van der Waals surface area contributed by atoms with Crippen LogP contribution in [0.3, 0.4) is 0 Å². The first-order chi connectivity index (χ1) is 9.05. The summed E-state index contributed by atoms with van der Waals surface area (Å²) in [4.78, 5) is 0. The molecule has 1 spiro atoms. The summed E-state index contributed by atoms with van der Waals surface area (Å²) in [6.07, 6.45) is 4.09. The minimum Gasteiger partial charge on any atom is -0.380 e. The molecule has 0 aromatic rings. The zero-order valence-corrected chi connectivity index (χ0v) is 12.1. The lowest BCUT2D eigenvalue weighted by Gasteiger charge is -2.41. The average Bonchev–Trinajstić information content (AvgIpc) is 2.52. The van der Waals surface area contributed by atoms with Crippen molar-refractivity contribution in [2.45, 2.75) is 31.7 Å². The first-order valence-corrected chi connectivity index (χ1v) is 8.53. The maximum atomic E-state index is 12.7. The molecule has 0 bridgehead atoms. The molecule has 2 aliphatic heterocycles. The van der Waals surface area contributed by atoms with Crippen LogP contribution >= 0.6 is 0 Å². The molecule has 0 amide bonds. The molecule has 110 valence electrons.